The van der Waals surface area contributed by atoms with E-state index in [9.17, 15) is 5.11 Å². The van der Waals surface area contributed by atoms with E-state index < -0.39 is 5.60 Å². The van der Waals surface area contributed by atoms with Crippen LogP contribution in [-0.4, -0.2) is 41.8 Å². The van der Waals surface area contributed by atoms with Crippen LogP contribution in [0.4, 0.5) is 0 Å². The summed E-state index contributed by atoms with van der Waals surface area (Å²) in [7, 11) is 1.69. The minimum absolute atomic E-state index is 0.526. The van der Waals surface area contributed by atoms with Gasteiger partial charge >= 0.3 is 0 Å². The standard InChI is InChI=1S/C16H25NO2/c1-12-9-14(10-17(12)11-16(2,3)18)13-5-7-15(19-4)8-6-13/h5-8,12,14,18H,9-11H2,1-4H3. The molecule has 0 saturated carbocycles. The van der Waals surface area contributed by atoms with Gasteiger partial charge in [-0.3, -0.25) is 4.90 Å². The van der Waals surface area contributed by atoms with E-state index >= 15 is 0 Å². The van der Waals surface area contributed by atoms with E-state index in [0.29, 0.717) is 12.0 Å². The lowest BCUT2D eigenvalue weighted by Gasteiger charge is -2.28. The number of nitrogens with zero attached hydrogens (tertiary/aromatic N) is 1. The molecule has 0 amide bonds. The zero-order chi connectivity index (χ0) is 14.0. The van der Waals surface area contributed by atoms with Gasteiger partial charge in [0.15, 0.2) is 0 Å². The third-order valence-electron chi connectivity index (χ3n) is 3.88. The largest absolute Gasteiger partial charge is 0.497 e. The smallest absolute Gasteiger partial charge is 0.118 e. The Hall–Kier alpha value is -1.06. The molecule has 106 valence electrons. The third-order valence-corrected chi connectivity index (χ3v) is 3.88. The van der Waals surface area contributed by atoms with Gasteiger partial charge in [-0.2, -0.15) is 0 Å². The van der Waals surface area contributed by atoms with Crippen LogP contribution < -0.4 is 4.74 Å². The van der Waals surface area contributed by atoms with Gasteiger partial charge in [0.1, 0.15) is 5.75 Å². The fourth-order valence-corrected chi connectivity index (χ4v) is 2.93. The molecular formula is C16H25NO2. The molecule has 2 atom stereocenters. The lowest BCUT2D eigenvalue weighted by molar-refractivity contribution is 0.0338. The number of ether oxygens (including phenoxy) is 1. The van der Waals surface area contributed by atoms with Gasteiger partial charge in [-0.1, -0.05) is 12.1 Å². The molecule has 0 radical (unpaired) electrons. The molecular weight excluding hydrogens is 238 g/mol. The number of aliphatic hydroxyl groups is 1. The van der Waals surface area contributed by atoms with Crippen molar-refractivity contribution in [2.75, 3.05) is 20.2 Å². The van der Waals surface area contributed by atoms with Crippen LogP contribution in [0.1, 0.15) is 38.7 Å². The highest BCUT2D eigenvalue weighted by Gasteiger charge is 2.32. The quantitative estimate of drug-likeness (QED) is 0.906. The molecule has 3 heteroatoms. The molecule has 0 bridgehead atoms. The van der Waals surface area contributed by atoms with Crippen LogP contribution in [-0.2, 0) is 0 Å². The van der Waals surface area contributed by atoms with Crippen molar-refractivity contribution in [3.63, 3.8) is 0 Å². The summed E-state index contributed by atoms with van der Waals surface area (Å²) >= 11 is 0. The summed E-state index contributed by atoms with van der Waals surface area (Å²) in [5.41, 5.74) is 0.745. The predicted molar refractivity (Wildman–Crippen MR) is 77.7 cm³/mol. The summed E-state index contributed by atoms with van der Waals surface area (Å²) in [6, 6.07) is 8.89. The second-order valence-electron chi connectivity index (χ2n) is 6.30. The SMILES string of the molecule is COc1ccc(C2CC(C)N(CC(C)(C)O)C2)cc1. The second-order valence-corrected chi connectivity index (χ2v) is 6.30. The van der Waals surface area contributed by atoms with Gasteiger partial charge in [-0.05, 0) is 50.8 Å². The maximum atomic E-state index is 9.96. The van der Waals surface area contributed by atoms with Crippen LogP contribution in [0.5, 0.6) is 5.75 Å². The molecule has 1 N–H and O–H groups in total. The molecule has 19 heavy (non-hydrogen) atoms. The van der Waals surface area contributed by atoms with Crippen molar-refractivity contribution in [3.05, 3.63) is 29.8 Å². The number of benzene rings is 1. The zero-order valence-corrected chi connectivity index (χ0v) is 12.4. The number of hydrogen-bond donors (Lipinski definition) is 1. The first kappa shape index (κ1) is 14.4. The summed E-state index contributed by atoms with van der Waals surface area (Å²) in [4.78, 5) is 2.38. The minimum atomic E-state index is -0.622. The molecule has 1 saturated heterocycles. The van der Waals surface area contributed by atoms with Crippen molar-refractivity contribution in [3.8, 4) is 5.75 Å². The lowest BCUT2D eigenvalue weighted by atomic mass is 9.97. The summed E-state index contributed by atoms with van der Waals surface area (Å²) < 4.78 is 5.20. The molecule has 0 aliphatic carbocycles. The number of rotatable bonds is 4. The fourth-order valence-electron chi connectivity index (χ4n) is 2.93. The lowest BCUT2D eigenvalue weighted by Crippen LogP contribution is -2.40. The Balaban J connectivity index is 2.03. The molecule has 1 aromatic rings. The van der Waals surface area contributed by atoms with Crippen molar-refractivity contribution in [2.45, 2.75) is 44.8 Å². The number of β-amino-alcohol motifs (C(OH)–C–C–N with tert-alkyl or cyclic N) is 1. The Morgan fingerprint density at radius 1 is 1.32 bits per heavy atom. The second kappa shape index (κ2) is 5.51. The van der Waals surface area contributed by atoms with Crippen LogP contribution in [0.15, 0.2) is 24.3 Å². The summed E-state index contributed by atoms with van der Waals surface area (Å²) in [5, 5.41) is 9.96. The Labute approximate surface area is 116 Å². The van der Waals surface area contributed by atoms with Crippen molar-refractivity contribution in [2.24, 2.45) is 0 Å². The Morgan fingerprint density at radius 2 is 1.95 bits per heavy atom. The van der Waals surface area contributed by atoms with Gasteiger partial charge in [0.2, 0.25) is 0 Å². The highest BCUT2D eigenvalue weighted by atomic mass is 16.5. The minimum Gasteiger partial charge on any atom is -0.497 e. The van der Waals surface area contributed by atoms with Crippen molar-refractivity contribution in [1.82, 2.24) is 4.90 Å². The molecule has 0 spiro atoms. The van der Waals surface area contributed by atoms with Gasteiger partial charge in [-0.25, -0.2) is 0 Å². The molecule has 1 aliphatic heterocycles. The maximum Gasteiger partial charge on any atom is 0.118 e. The number of hydrogen-bond acceptors (Lipinski definition) is 3. The monoisotopic (exact) mass is 263 g/mol. The zero-order valence-electron chi connectivity index (χ0n) is 12.4. The van der Waals surface area contributed by atoms with Gasteiger partial charge in [0.05, 0.1) is 12.7 Å². The van der Waals surface area contributed by atoms with Crippen molar-refractivity contribution in [1.29, 1.82) is 0 Å². The molecule has 1 aromatic carbocycles. The topological polar surface area (TPSA) is 32.7 Å². The summed E-state index contributed by atoms with van der Waals surface area (Å²) in [6.45, 7) is 7.76. The summed E-state index contributed by atoms with van der Waals surface area (Å²) in [6.07, 6.45) is 1.16. The Bertz CT molecular complexity index is 408. The number of methoxy groups -OCH3 is 1. The van der Waals surface area contributed by atoms with Crippen LogP contribution in [0.25, 0.3) is 0 Å². The molecule has 1 heterocycles. The molecule has 2 rings (SSSR count). The molecule has 1 fully saturated rings. The average Bonchev–Trinajstić information content (AvgIpc) is 2.69. The average molecular weight is 263 g/mol. The summed E-state index contributed by atoms with van der Waals surface area (Å²) in [5.74, 6) is 1.46. The highest BCUT2D eigenvalue weighted by molar-refractivity contribution is 5.30. The van der Waals surface area contributed by atoms with Crippen molar-refractivity contribution < 1.29 is 9.84 Å². The highest BCUT2D eigenvalue weighted by Crippen LogP contribution is 2.33. The van der Waals surface area contributed by atoms with E-state index in [-0.39, 0.29) is 0 Å². The molecule has 2 unspecified atom stereocenters. The van der Waals surface area contributed by atoms with Crippen LogP contribution in [0.3, 0.4) is 0 Å². The van der Waals surface area contributed by atoms with Crippen LogP contribution >= 0.6 is 0 Å². The Kier molecular flexibility index (Phi) is 4.16. The molecule has 0 aromatic heterocycles. The number of likely N-dealkylation sites (tertiary alicyclic amines) is 1. The van der Waals surface area contributed by atoms with Crippen molar-refractivity contribution >= 4 is 0 Å². The first-order valence-electron chi connectivity index (χ1n) is 6.99. The van der Waals surface area contributed by atoms with Crippen LogP contribution in [0.2, 0.25) is 0 Å². The van der Waals surface area contributed by atoms with Gasteiger partial charge in [-0.15, -0.1) is 0 Å². The predicted octanol–water partition coefficient (Wildman–Crippen LogP) is 2.64. The van der Waals surface area contributed by atoms with E-state index in [0.717, 1.165) is 25.3 Å². The van der Waals surface area contributed by atoms with E-state index in [2.05, 4.69) is 24.0 Å². The van der Waals surface area contributed by atoms with E-state index in [1.54, 1.807) is 7.11 Å². The molecule has 1 aliphatic rings. The maximum absolute atomic E-state index is 9.96. The van der Waals surface area contributed by atoms with Gasteiger partial charge in [0, 0.05) is 19.1 Å². The first-order chi connectivity index (χ1) is 8.89. The first-order valence-corrected chi connectivity index (χ1v) is 6.99. The van der Waals surface area contributed by atoms with Gasteiger partial charge < -0.3 is 9.84 Å². The van der Waals surface area contributed by atoms with Gasteiger partial charge in [0.25, 0.3) is 0 Å². The normalized spacial score (nSPS) is 24.7. The molecule has 3 nitrogen and oxygen atoms in total. The van der Waals surface area contributed by atoms with E-state index in [4.69, 9.17) is 4.74 Å². The van der Waals surface area contributed by atoms with E-state index in [1.807, 2.05) is 26.0 Å². The third kappa shape index (κ3) is 3.71. The van der Waals surface area contributed by atoms with Crippen LogP contribution in [0, 0.1) is 0 Å². The van der Waals surface area contributed by atoms with E-state index in [1.165, 1.54) is 5.56 Å². The fraction of sp³-hybridized carbons (Fsp3) is 0.625. The Morgan fingerprint density at radius 3 is 2.47 bits per heavy atom.